The van der Waals surface area contributed by atoms with Crippen LogP contribution in [-0.2, 0) is 4.79 Å². The second kappa shape index (κ2) is 5.09. The zero-order chi connectivity index (χ0) is 14.8. The first-order valence-corrected chi connectivity index (χ1v) is 6.25. The molecule has 0 aliphatic carbocycles. The molecule has 0 aliphatic rings. The summed E-state index contributed by atoms with van der Waals surface area (Å²) in [6, 6.07) is 11.8. The highest BCUT2D eigenvalue weighted by Crippen LogP contribution is 2.18. The van der Waals surface area contributed by atoms with E-state index in [1.807, 2.05) is 0 Å². The minimum atomic E-state index is -0.278. The number of hydrogen-bond acceptors (Lipinski definition) is 4. The lowest BCUT2D eigenvalue weighted by atomic mass is 10.3. The summed E-state index contributed by atoms with van der Waals surface area (Å²) in [5.41, 5.74) is 2.73. The molecule has 0 bridgehead atoms. The molecule has 2 N–H and O–H groups in total. The van der Waals surface area contributed by atoms with Crippen molar-refractivity contribution in [3.8, 4) is 11.4 Å². The third-order valence-electron chi connectivity index (χ3n) is 2.91. The molecule has 0 saturated carbocycles. The van der Waals surface area contributed by atoms with Crippen molar-refractivity contribution in [2.75, 3.05) is 5.32 Å². The van der Waals surface area contributed by atoms with E-state index >= 15 is 0 Å². The summed E-state index contributed by atoms with van der Waals surface area (Å²) >= 11 is 0. The standard InChI is InChI=1S/C15H12N4O2/c1-2-15(21)16-10-3-8-13-14(9-10)18-19(17-13)11-4-6-12(20)7-5-11/h2-9,20H,1H2,(H,16,21). The van der Waals surface area contributed by atoms with Crippen molar-refractivity contribution < 1.29 is 9.90 Å². The van der Waals surface area contributed by atoms with Crippen LogP contribution in [0.1, 0.15) is 0 Å². The highest BCUT2D eigenvalue weighted by Gasteiger charge is 2.06. The van der Waals surface area contributed by atoms with Crippen LogP contribution >= 0.6 is 0 Å². The summed E-state index contributed by atoms with van der Waals surface area (Å²) in [5, 5.41) is 20.7. The van der Waals surface area contributed by atoms with Gasteiger partial charge in [0, 0.05) is 5.69 Å². The predicted octanol–water partition coefficient (Wildman–Crippen LogP) is 2.25. The lowest BCUT2D eigenvalue weighted by Crippen LogP contribution is -2.06. The molecule has 0 atom stereocenters. The second-order valence-corrected chi connectivity index (χ2v) is 4.40. The minimum Gasteiger partial charge on any atom is -0.508 e. The molecule has 6 nitrogen and oxygen atoms in total. The van der Waals surface area contributed by atoms with Crippen LogP contribution in [0.4, 0.5) is 5.69 Å². The Labute approximate surface area is 120 Å². The van der Waals surface area contributed by atoms with E-state index in [0.29, 0.717) is 16.7 Å². The lowest BCUT2D eigenvalue weighted by Gasteiger charge is -2.00. The number of phenols is 1. The number of anilines is 1. The zero-order valence-electron chi connectivity index (χ0n) is 11.0. The second-order valence-electron chi connectivity index (χ2n) is 4.40. The van der Waals surface area contributed by atoms with E-state index in [1.54, 1.807) is 42.5 Å². The smallest absolute Gasteiger partial charge is 0.247 e. The first-order chi connectivity index (χ1) is 10.2. The molecule has 1 heterocycles. The zero-order valence-corrected chi connectivity index (χ0v) is 11.0. The highest BCUT2D eigenvalue weighted by atomic mass is 16.3. The Kier molecular flexibility index (Phi) is 3.12. The molecule has 0 fully saturated rings. The number of carbonyl (C=O) groups is 1. The van der Waals surface area contributed by atoms with Gasteiger partial charge in [0.25, 0.3) is 0 Å². The van der Waals surface area contributed by atoms with Gasteiger partial charge < -0.3 is 10.4 Å². The fourth-order valence-corrected chi connectivity index (χ4v) is 1.89. The molecular weight excluding hydrogens is 268 g/mol. The van der Waals surface area contributed by atoms with Crippen LogP contribution in [0, 0.1) is 0 Å². The molecule has 3 rings (SSSR count). The Bertz CT molecular complexity index is 821. The Morgan fingerprint density at radius 1 is 1.14 bits per heavy atom. The molecule has 1 amide bonds. The Hall–Kier alpha value is -3.15. The largest absolute Gasteiger partial charge is 0.508 e. The van der Waals surface area contributed by atoms with E-state index < -0.39 is 0 Å². The van der Waals surface area contributed by atoms with Crippen molar-refractivity contribution in [2.45, 2.75) is 0 Å². The Balaban J connectivity index is 1.98. The number of nitrogens with zero attached hydrogens (tertiary/aromatic N) is 3. The number of rotatable bonds is 3. The van der Waals surface area contributed by atoms with Crippen LogP contribution in [0.15, 0.2) is 55.1 Å². The van der Waals surface area contributed by atoms with Crippen molar-refractivity contribution in [3.05, 3.63) is 55.1 Å². The lowest BCUT2D eigenvalue weighted by molar-refractivity contribution is -0.111. The average molecular weight is 280 g/mol. The maximum Gasteiger partial charge on any atom is 0.247 e. The van der Waals surface area contributed by atoms with Gasteiger partial charge in [0.05, 0.1) is 5.69 Å². The Morgan fingerprint density at radius 2 is 1.86 bits per heavy atom. The van der Waals surface area contributed by atoms with Crippen LogP contribution in [-0.4, -0.2) is 26.0 Å². The minimum absolute atomic E-state index is 0.185. The summed E-state index contributed by atoms with van der Waals surface area (Å²) in [5.74, 6) is -0.0924. The molecular formula is C15H12N4O2. The van der Waals surface area contributed by atoms with Crippen molar-refractivity contribution in [2.24, 2.45) is 0 Å². The molecule has 104 valence electrons. The number of amides is 1. The van der Waals surface area contributed by atoms with E-state index in [0.717, 1.165) is 5.69 Å². The van der Waals surface area contributed by atoms with Gasteiger partial charge in [0.2, 0.25) is 5.91 Å². The number of carbonyl (C=O) groups excluding carboxylic acids is 1. The molecule has 0 radical (unpaired) electrons. The monoisotopic (exact) mass is 280 g/mol. The number of hydrogen-bond donors (Lipinski definition) is 2. The molecule has 6 heteroatoms. The molecule has 0 saturated heterocycles. The average Bonchev–Trinajstić information content (AvgIpc) is 2.91. The van der Waals surface area contributed by atoms with Gasteiger partial charge in [-0.3, -0.25) is 4.79 Å². The summed E-state index contributed by atoms with van der Waals surface area (Å²) < 4.78 is 0. The van der Waals surface area contributed by atoms with Crippen molar-refractivity contribution in [1.29, 1.82) is 0 Å². The van der Waals surface area contributed by atoms with Crippen molar-refractivity contribution >= 4 is 22.6 Å². The van der Waals surface area contributed by atoms with Crippen LogP contribution < -0.4 is 5.32 Å². The van der Waals surface area contributed by atoms with Gasteiger partial charge in [0.1, 0.15) is 16.8 Å². The van der Waals surface area contributed by atoms with Gasteiger partial charge in [-0.05, 0) is 48.5 Å². The van der Waals surface area contributed by atoms with Gasteiger partial charge >= 0.3 is 0 Å². The van der Waals surface area contributed by atoms with Gasteiger partial charge in [-0.2, -0.15) is 4.80 Å². The molecule has 21 heavy (non-hydrogen) atoms. The summed E-state index contributed by atoms with van der Waals surface area (Å²) in [4.78, 5) is 12.8. The third-order valence-corrected chi connectivity index (χ3v) is 2.91. The van der Waals surface area contributed by atoms with Crippen molar-refractivity contribution in [1.82, 2.24) is 15.0 Å². The van der Waals surface area contributed by atoms with Crippen LogP contribution in [0.2, 0.25) is 0 Å². The summed E-state index contributed by atoms with van der Waals surface area (Å²) in [7, 11) is 0. The highest BCUT2D eigenvalue weighted by molar-refractivity contribution is 5.99. The molecule has 0 aliphatic heterocycles. The SMILES string of the molecule is C=CC(=O)Nc1ccc2nn(-c3ccc(O)cc3)nc2c1. The van der Waals surface area contributed by atoms with Crippen LogP contribution in [0.25, 0.3) is 16.7 Å². The number of nitrogens with one attached hydrogen (secondary N) is 1. The molecule has 0 spiro atoms. The summed E-state index contributed by atoms with van der Waals surface area (Å²) in [6.45, 7) is 3.41. The Morgan fingerprint density at radius 3 is 2.57 bits per heavy atom. The quantitative estimate of drug-likeness (QED) is 0.721. The number of phenolic OH excluding ortho intramolecular Hbond substituents is 1. The number of fused-ring (bicyclic) bond motifs is 1. The van der Waals surface area contributed by atoms with Gasteiger partial charge in [-0.15, -0.1) is 10.2 Å². The first kappa shape index (κ1) is 12.9. The van der Waals surface area contributed by atoms with Gasteiger partial charge in [-0.1, -0.05) is 6.58 Å². The van der Waals surface area contributed by atoms with Crippen molar-refractivity contribution in [3.63, 3.8) is 0 Å². The normalized spacial score (nSPS) is 10.5. The molecule has 3 aromatic rings. The van der Waals surface area contributed by atoms with Gasteiger partial charge in [0.15, 0.2) is 0 Å². The molecule has 0 unspecified atom stereocenters. The topological polar surface area (TPSA) is 80.0 Å². The first-order valence-electron chi connectivity index (χ1n) is 6.25. The number of aromatic hydroxyl groups is 1. The van der Waals surface area contributed by atoms with E-state index in [4.69, 9.17) is 0 Å². The third kappa shape index (κ3) is 2.59. The fraction of sp³-hybridized carbons (Fsp3) is 0. The van der Waals surface area contributed by atoms with Crippen LogP contribution in [0.5, 0.6) is 5.75 Å². The van der Waals surface area contributed by atoms with E-state index in [-0.39, 0.29) is 11.7 Å². The van der Waals surface area contributed by atoms with E-state index in [9.17, 15) is 9.90 Å². The number of aromatic nitrogens is 3. The number of benzene rings is 2. The maximum atomic E-state index is 11.3. The van der Waals surface area contributed by atoms with Crippen LogP contribution in [0.3, 0.4) is 0 Å². The fourth-order valence-electron chi connectivity index (χ4n) is 1.89. The summed E-state index contributed by atoms with van der Waals surface area (Å²) in [6.07, 6.45) is 1.21. The predicted molar refractivity (Wildman–Crippen MR) is 79.4 cm³/mol. The van der Waals surface area contributed by atoms with E-state index in [1.165, 1.54) is 10.9 Å². The van der Waals surface area contributed by atoms with Gasteiger partial charge in [-0.25, -0.2) is 0 Å². The van der Waals surface area contributed by atoms with E-state index in [2.05, 4.69) is 22.1 Å². The molecule has 1 aromatic heterocycles. The maximum absolute atomic E-state index is 11.3. The molecule has 2 aromatic carbocycles.